The number of carboxylic acid groups (broad SMARTS) is 1. The molecule has 2 saturated heterocycles. The summed E-state index contributed by atoms with van der Waals surface area (Å²) in [7, 11) is 1.53. The Morgan fingerprint density at radius 3 is 2.37 bits per heavy atom. The summed E-state index contributed by atoms with van der Waals surface area (Å²) in [6, 6.07) is 5.50. The van der Waals surface area contributed by atoms with Crippen LogP contribution in [-0.4, -0.2) is 71.3 Å². The maximum atomic E-state index is 13.2. The number of piperidine rings is 1. The molecule has 1 atom stereocenters. The Bertz CT molecular complexity index is 724. The summed E-state index contributed by atoms with van der Waals surface area (Å²) in [4.78, 5) is 39.9. The van der Waals surface area contributed by atoms with E-state index in [2.05, 4.69) is 0 Å². The summed E-state index contributed by atoms with van der Waals surface area (Å²) in [5.41, 5.74) is -0.621. The van der Waals surface area contributed by atoms with Crippen LogP contribution < -0.4 is 4.74 Å². The number of hydrogen-bond acceptors (Lipinski definition) is 5. The fraction of sp³-hybridized carbons (Fsp3) is 0.526. The second-order valence-corrected chi connectivity index (χ2v) is 6.75. The van der Waals surface area contributed by atoms with Gasteiger partial charge in [-0.25, -0.2) is 4.79 Å². The summed E-state index contributed by atoms with van der Waals surface area (Å²) in [5.74, 6) is -0.829. The zero-order chi connectivity index (χ0) is 19.6. The van der Waals surface area contributed by atoms with E-state index in [1.807, 2.05) is 0 Å². The van der Waals surface area contributed by atoms with E-state index >= 15 is 0 Å². The number of carbonyl (C=O) groups excluding carboxylic acids is 2. The zero-order valence-electron chi connectivity index (χ0n) is 15.5. The number of ether oxygens (including phenoxy) is 2. The van der Waals surface area contributed by atoms with Crippen molar-refractivity contribution < 1.29 is 29.0 Å². The first-order chi connectivity index (χ1) is 12.9. The molecule has 1 N–H and O–H groups in total. The smallest absolute Gasteiger partial charge is 0.328 e. The summed E-state index contributed by atoms with van der Waals surface area (Å²) in [6.45, 7) is 2.62. The quantitative estimate of drug-likeness (QED) is 0.852. The number of rotatable bonds is 4. The van der Waals surface area contributed by atoms with Crippen LogP contribution in [0.1, 0.15) is 36.5 Å². The number of benzene rings is 1. The van der Waals surface area contributed by atoms with Gasteiger partial charge in [0.1, 0.15) is 11.5 Å². The Morgan fingerprint density at radius 2 is 1.85 bits per heavy atom. The lowest BCUT2D eigenvalue weighted by Gasteiger charge is -2.44. The lowest BCUT2D eigenvalue weighted by molar-refractivity contribution is -0.147. The van der Waals surface area contributed by atoms with E-state index in [1.165, 1.54) is 12.0 Å². The molecule has 1 aromatic rings. The minimum absolute atomic E-state index is 0.0469. The fourth-order valence-electron chi connectivity index (χ4n) is 3.76. The van der Waals surface area contributed by atoms with Crippen molar-refractivity contribution in [1.82, 2.24) is 9.80 Å². The van der Waals surface area contributed by atoms with Crippen LogP contribution in [0.2, 0.25) is 0 Å². The molecule has 2 heterocycles. The van der Waals surface area contributed by atoms with Gasteiger partial charge >= 0.3 is 5.97 Å². The number of amides is 2. The molecule has 8 nitrogen and oxygen atoms in total. The lowest BCUT2D eigenvalue weighted by atomic mass is 9.96. The Kier molecular flexibility index (Phi) is 5.36. The molecule has 2 aliphatic heterocycles. The van der Waals surface area contributed by atoms with Crippen LogP contribution in [0, 0.1) is 0 Å². The molecule has 1 aromatic carbocycles. The highest BCUT2D eigenvalue weighted by molar-refractivity contribution is 5.97. The van der Waals surface area contributed by atoms with E-state index in [0.717, 1.165) is 0 Å². The van der Waals surface area contributed by atoms with E-state index in [-0.39, 0.29) is 12.5 Å². The van der Waals surface area contributed by atoms with Crippen molar-refractivity contribution in [3.8, 4) is 5.75 Å². The third-order valence-electron chi connectivity index (χ3n) is 5.30. The average molecular weight is 376 g/mol. The van der Waals surface area contributed by atoms with Crippen molar-refractivity contribution >= 4 is 17.8 Å². The Labute approximate surface area is 157 Å². The van der Waals surface area contributed by atoms with Crippen LogP contribution in [0.3, 0.4) is 0 Å². The second kappa shape index (κ2) is 7.56. The van der Waals surface area contributed by atoms with E-state index < -0.39 is 23.6 Å². The molecule has 27 heavy (non-hydrogen) atoms. The average Bonchev–Trinajstić information content (AvgIpc) is 3.06. The van der Waals surface area contributed by atoms with E-state index in [4.69, 9.17) is 9.47 Å². The van der Waals surface area contributed by atoms with Gasteiger partial charge in [-0.05, 0) is 24.3 Å². The van der Waals surface area contributed by atoms with Gasteiger partial charge in [0.05, 0.1) is 13.7 Å². The van der Waals surface area contributed by atoms with Gasteiger partial charge in [0.15, 0.2) is 6.04 Å². The molecule has 0 saturated carbocycles. The summed E-state index contributed by atoms with van der Waals surface area (Å²) in [5, 5.41) is 9.60. The first-order valence-corrected chi connectivity index (χ1v) is 9.04. The van der Waals surface area contributed by atoms with Gasteiger partial charge in [-0.3, -0.25) is 14.5 Å². The molecule has 0 radical (unpaired) electrons. The van der Waals surface area contributed by atoms with Crippen LogP contribution in [0.15, 0.2) is 24.3 Å². The number of likely N-dealkylation sites (tertiary alicyclic amines) is 1. The Balaban J connectivity index is 1.86. The fourth-order valence-corrected chi connectivity index (χ4v) is 3.76. The number of nitrogens with zero attached hydrogens (tertiary/aromatic N) is 2. The van der Waals surface area contributed by atoms with E-state index in [1.54, 1.807) is 36.1 Å². The van der Waals surface area contributed by atoms with Crippen molar-refractivity contribution in [1.29, 1.82) is 0 Å². The number of carbonyl (C=O) groups is 3. The van der Waals surface area contributed by atoms with Gasteiger partial charge in [0.25, 0.3) is 5.91 Å². The van der Waals surface area contributed by atoms with Gasteiger partial charge in [-0.15, -0.1) is 0 Å². The molecule has 3 rings (SSSR count). The summed E-state index contributed by atoms with van der Waals surface area (Å²) >= 11 is 0. The topological polar surface area (TPSA) is 96.4 Å². The van der Waals surface area contributed by atoms with Crippen LogP contribution in [0.25, 0.3) is 0 Å². The largest absolute Gasteiger partial charge is 0.497 e. The molecule has 0 bridgehead atoms. The maximum Gasteiger partial charge on any atom is 0.328 e. The van der Waals surface area contributed by atoms with Crippen molar-refractivity contribution in [2.75, 3.05) is 26.8 Å². The molecular weight excluding hydrogens is 352 g/mol. The number of hydrogen-bond donors (Lipinski definition) is 1. The zero-order valence-corrected chi connectivity index (χ0v) is 15.5. The van der Waals surface area contributed by atoms with Gasteiger partial charge < -0.3 is 19.5 Å². The first kappa shape index (κ1) is 19.2. The van der Waals surface area contributed by atoms with Crippen molar-refractivity contribution in [3.05, 3.63) is 29.8 Å². The van der Waals surface area contributed by atoms with Gasteiger partial charge in [0, 0.05) is 37.9 Å². The van der Waals surface area contributed by atoms with E-state index in [0.29, 0.717) is 43.7 Å². The van der Waals surface area contributed by atoms with Crippen molar-refractivity contribution in [3.63, 3.8) is 0 Å². The highest BCUT2D eigenvalue weighted by Gasteiger charge is 2.54. The van der Waals surface area contributed by atoms with Crippen LogP contribution in [0.5, 0.6) is 5.75 Å². The number of carboxylic acids is 1. The first-order valence-electron chi connectivity index (χ1n) is 9.04. The highest BCUT2D eigenvalue weighted by atomic mass is 16.5. The SMILES string of the molecule is CCC(=O)N1CCC2(CC1)OC[C@H](C(=O)O)N2C(=O)c1ccc(OC)cc1. The minimum atomic E-state index is -1.10. The monoisotopic (exact) mass is 376 g/mol. The second-order valence-electron chi connectivity index (χ2n) is 6.75. The predicted molar refractivity (Wildman–Crippen MR) is 95.4 cm³/mol. The summed E-state index contributed by atoms with van der Waals surface area (Å²) in [6.07, 6.45) is 1.20. The molecule has 0 aliphatic carbocycles. The molecule has 0 unspecified atom stereocenters. The van der Waals surface area contributed by atoms with Crippen molar-refractivity contribution in [2.24, 2.45) is 0 Å². The van der Waals surface area contributed by atoms with Crippen LogP contribution in [0.4, 0.5) is 0 Å². The molecule has 2 fully saturated rings. The minimum Gasteiger partial charge on any atom is -0.497 e. The standard InChI is InChI=1S/C19H24N2O6/c1-3-16(22)20-10-8-19(9-11-20)21(15(12-27-19)18(24)25)17(23)13-4-6-14(26-2)7-5-13/h4-7,15H,3,8-12H2,1-2H3,(H,24,25)/t15-/m1/s1. The Hall–Kier alpha value is -2.61. The highest BCUT2D eigenvalue weighted by Crippen LogP contribution is 2.38. The van der Waals surface area contributed by atoms with E-state index in [9.17, 15) is 19.5 Å². The lowest BCUT2D eigenvalue weighted by Crippen LogP contribution is -2.58. The third kappa shape index (κ3) is 3.49. The Morgan fingerprint density at radius 1 is 1.22 bits per heavy atom. The third-order valence-corrected chi connectivity index (χ3v) is 5.30. The maximum absolute atomic E-state index is 13.2. The number of aliphatic carboxylic acids is 1. The number of methoxy groups -OCH3 is 1. The molecule has 2 aliphatic rings. The molecule has 0 aromatic heterocycles. The summed E-state index contributed by atoms with van der Waals surface area (Å²) < 4.78 is 11.0. The van der Waals surface area contributed by atoms with Gasteiger partial charge in [-0.2, -0.15) is 0 Å². The van der Waals surface area contributed by atoms with Crippen molar-refractivity contribution in [2.45, 2.75) is 38.0 Å². The molecule has 2 amide bonds. The molecule has 8 heteroatoms. The normalized spacial score (nSPS) is 21.3. The molecular formula is C19H24N2O6. The molecule has 146 valence electrons. The van der Waals surface area contributed by atoms with Crippen LogP contribution in [-0.2, 0) is 14.3 Å². The van der Waals surface area contributed by atoms with Gasteiger partial charge in [0.2, 0.25) is 5.91 Å². The molecule has 1 spiro atoms. The van der Waals surface area contributed by atoms with Gasteiger partial charge in [-0.1, -0.05) is 6.92 Å². The van der Waals surface area contributed by atoms with Crippen LogP contribution >= 0.6 is 0 Å². The predicted octanol–water partition coefficient (Wildman–Crippen LogP) is 1.35.